The summed E-state index contributed by atoms with van der Waals surface area (Å²) in [7, 11) is 0. The van der Waals surface area contributed by atoms with Crippen LogP contribution in [0.1, 0.15) is 46.1 Å². The Balaban J connectivity index is 1.57. The smallest absolute Gasteiger partial charge is 0.227 e. The van der Waals surface area contributed by atoms with E-state index in [1.807, 2.05) is 35.1 Å². The van der Waals surface area contributed by atoms with Gasteiger partial charge in [0, 0.05) is 37.6 Å². The van der Waals surface area contributed by atoms with Gasteiger partial charge >= 0.3 is 0 Å². The van der Waals surface area contributed by atoms with Gasteiger partial charge in [-0.25, -0.2) is 0 Å². The molecule has 3 heterocycles. The molecule has 0 bridgehead atoms. The van der Waals surface area contributed by atoms with E-state index in [0.29, 0.717) is 19.0 Å². The summed E-state index contributed by atoms with van der Waals surface area (Å²) in [6.45, 7) is 8.07. The molecular weight excluding hydrogens is 294 g/mol. The van der Waals surface area contributed by atoms with E-state index < -0.39 is 0 Å². The van der Waals surface area contributed by atoms with Crippen LogP contribution in [0, 0.1) is 5.92 Å². The molecule has 3 rings (SSSR count). The van der Waals surface area contributed by atoms with E-state index in [4.69, 9.17) is 0 Å². The van der Waals surface area contributed by atoms with Crippen LogP contribution in [0.2, 0.25) is 0 Å². The molecule has 0 aliphatic carbocycles. The lowest BCUT2D eigenvalue weighted by Gasteiger charge is -2.35. The molecule has 0 saturated carbocycles. The Morgan fingerprint density at radius 3 is 2.30 bits per heavy atom. The van der Waals surface area contributed by atoms with Crippen LogP contribution in [0.15, 0.2) is 12.7 Å². The second-order valence-electron chi connectivity index (χ2n) is 7.54. The van der Waals surface area contributed by atoms with Crippen molar-refractivity contribution >= 4 is 11.8 Å². The van der Waals surface area contributed by atoms with Gasteiger partial charge < -0.3 is 14.4 Å². The molecule has 0 N–H and O–H groups in total. The highest BCUT2D eigenvalue weighted by molar-refractivity contribution is 5.89. The first-order valence-corrected chi connectivity index (χ1v) is 8.29. The van der Waals surface area contributed by atoms with Crippen molar-refractivity contribution in [3.05, 3.63) is 12.7 Å². The molecule has 0 radical (unpaired) electrons. The number of hydrogen-bond acceptors (Lipinski definition) is 4. The van der Waals surface area contributed by atoms with Gasteiger partial charge in [0.1, 0.15) is 12.7 Å². The molecule has 2 fully saturated rings. The summed E-state index contributed by atoms with van der Waals surface area (Å²) in [6, 6.07) is 0.366. The van der Waals surface area contributed by atoms with Crippen LogP contribution in [-0.2, 0) is 9.59 Å². The Kier molecular flexibility index (Phi) is 4.12. The molecule has 23 heavy (non-hydrogen) atoms. The molecule has 7 nitrogen and oxygen atoms in total. The van der Waals surface area contributed by atoms with Crippen molar-refractivity contribution in [3.8, 4) is 0 Å². The predicted molar refractivity (Wildman–Crippen MR) is 84.4 cm³/mol. The van der Waals surface area contributed by atoms with Gasteiger partial charge in [-0.15, -0.1) is 10.2 Å². The van der Waals surface area contributed by atoms with E-state index in [2.05, 4.69) is 10.2 Å². The van der Waals surface area contributed by atoms with Gasteiger partial charge in [0.05, 0.1) is 5.92 Å². The number of likely N-dealkylation sites (tertiary alicyclic amines) is 2. The normalized spacial score (nSPS) is 23.6. The third-order valence-corrected chi connectivity index (χ3v) is 4.92. The van der Waals surface area contributed by atoms with Gasteiger partial charge in [-0.1, -0.05) is 0 Å². The maximum absolute atomic E-state index is 12.7. The van der Waals surface area contributed by atoms with Crippen molar-refractivity contribution < 1.29 is 9.59 Å². The molecule has 1 aromatic heterocycles. The number of nitrogens with zero attached hydrogens (tertiary/aromatic N) is 5. The largest absolute Gasteiger partial charge is 0.342 e. The molecule has 2 amide bonds. The van der Waals surface area contributed by atoms with Crippen molar-refractivity contribution in [1.29, 1.82) is 0 Å². The molecule has 7 heteroatoms. The zero-order valence-corrected chi connectivity index (χ0v) is 14.1. The maximum atomic E-state index is 12.7. The average molecular weight is 319 g/mol. The minimum atomic E-state index is -0.215. The third-order valence-electron chi connectivity index (χ3n) is 4.92. The number of rotatable bonds is 2. The first-order valence-electron chi connectivity index (χ1n) is 8.29. The van der Waals surface area contributed by atoms with Crippen LogP contribution in [0.5, 0.6) is 0 Å². The summed E-state index contributed by atoms with van der Waals surface area (Å²) < 4.78 is 2.02. The molecule has 2 saturated heterocycles. The van der Waals surface area contributed by atoms with Crippen LogP contribution in [-0.4, -0.2) is 61.6 Å². The van der Waals surface area contributed by atoms with Gasteiger partial charge in [0.15, 0.2) is 0 Å². The Hall–Kier alpha value is -1.92. The molecule has 2 aliphatic heterocycles. The second kappa shape index (κ2) is 5.94. The Labute approximate surface area is 136 Å². The molecular formula is C16H25N5O2. The molecule has 1 aromatic rings. The first kappa shape index (κ1) is 16.0. The minimum Gasteiger partial charge on any atom is -0.342 e. The third kappa shape index (κ3) is 3.23. The van der Waals surface area contributed by atoms with Gasteiger partial charge in [-0.3, -0.25) is 9.59 Å². The van der Waals surface area contributed by atoms with Crippen LogP contribution in [0.25, 0.3) is 0 Å². The standard InChI is InChI=1S/C16H25N5O2/c1-16(2,3)21-9-12(8-14(21)22)15(23)19-6-4-13(5-7-19)20-10-17-18-11-20/h10-13H,4-9H2,1-3H3/t12-/m0/s1. The molecule has 0 aromatic carbocycles. The van der Waals surface area contributed by atoms with E-state index in [1.165, 1.54) is 0 Å². The number of piperidine rings is 1. The predicted octanol–water partition coefficient (Wildman–Crippen LogP) is 1.09. The van der Waals surface area contributed by atoms with Crippen molar-refractivity contribution in [2.45, 2.75) is 51.6 Å². The lowest BCUT2D eigenvalue weighted by atomic mass is 10.0. The van der Waals surface area contributed by atoms with Crippen LogP contribution in [0.4, 0.5) is 0 Å². The SMILES string of the molecule is CC(C)(C)N1C[C@@H](C(=O)N2CCC(n3cnnc3)CC2)CC1=O. The number of hydrogen-bond donors (Lipinski definition) is 0. The first-order chi connectivity index (χ1) is 10.9. The minimum absolute atomic E-state index is 0.0928. The molecule has 126 valence electrons. The van der Waals surface area contributed by atoms with Gasteiger partial charge in [-0.2, -0.15) is 0 Å². The van der Waals surface area contributed by atoms with Gasteiger partial charge in [0.25, 0.3) is 0 Å². The molecule has 0 spiro atoms. The highest BCUT2D eigenvalue weighted by Gasteiger charge is 2.41. The summed E-state index contributed by atoms with van der Waals surface area (Å²) in [5, 5.41) is 7.69. The van der Waals surface area contributed by atoms with Crippen molar-refractivity contribution in [3.63, 3.8) is 0 Å². The lowest BCUT2D eigenvalue weighted by molar-refractivity contribution is -0.137. The van der Waals surface area contributed by atoms with Crippen LogP contribution < -0.4 is 0 Å². The van der Waals surface area contributed by atoms with E-state index in [0.717, 1.165) is 25.9 Å². The van der Waals surface area contributed by atoms with Crippen LogP contribution >= 0.6 is 0 Å². The highest BCUT2D eigenvalue weighted by atomic mass is 16.2. The molecule has 0 unspecified atom stereocenters. The summed E-state index contributed by atoms with van der Waals surface area (Å²) in [5.41, 5.74) is -0.215. The van der Waals surface area contributed by atoms with E-state index in [1.54, 1.807) is 12.7 Å². The highest BCUT2D eigenvalue weighted by Crippen LogP contribution is 2.29. The quantitative estimate of drug-likeness (QED) is 0.818. The Morgan fingerprint density at radius 2 is 1.78 bits per heavy atom. The second-order valence-corrected chi connectivity index (χ2v) is 7.54. The number of aromatic nitrogens is 3. The van der Waals surface area contributed by atoms with Gasteiger partial charge in [0.2, 0.25) is 11.8 Å². The maximum Gasteiger partial charge on any atom is 0.227 e. The zero-order valence-electron chi connectivity index (χ0n) is 14.1. The average Bonchev–Trinajstić information content (AvgIpc) is 3.15. The number of carbonyl (C=O) groups excluding carboxylic acids is 2. The van der Waals surface area contributed by atoms with E-state index in [-0.39, 0.29) is 23.3 Å². The topological polar surface area (TPSA) is 71.3 Å². The monoisotopic (exact) mass is 319 g/mol. The summed E-state index contributed by atoms with van der Waals surface area (Å²) in [5.74, 6) is 0.0377. The summed E-state index contributed by atoms with van der Waals surface area (Å²) in [6.07, 6.45) is 5.64. The fourth-order valence-electron chi connectivity index (χ4n) is 3.56. The zero-order chi connectivity index (χ0) is 16.6. The fourth-order valence-corrected chi connectivity index (χ4v) is 3.56. The lowest BCUT2D eigenvalue weighted by Crippen LogP contribution is -2.45. The molecule has 2 aliphatic rings. The Bertz CT molecular complexity index is 570. The Morgan fingerprint density at radius 1 is 1.17 bits per heavy atom. The number of amides is 2. The van der Waals surface area contributed by atoms with Crippen molar-refractivity contribution in [2.24, 2.45) is 5.92 Å². The van der Waals surface area contributed by atoms with Crippen LogP contribution in [0.3, 0.4) is 0 Å². The number of carbonyl (C=O) groups is 2. The molecule has 1 atom stereocenters. The van der Waals surface area contributed by atoms with Crippen molar-refractivity contribution in [2.75, 3.05) is 19.6 Å². The van der Waals surface area contributed by atoms with Crippen molar-refractivity contribution in [1.82, 2.24) is 24.6 Å². The summed E-state index contributed by atoms with van der Waals surface area (Å²) >= 11 is 0. The van der Waals surface area contributed by atoms with E-state index in [9.17, 15) is 9.59 Å². The fraction of sp³-hybridized carbons (Fsp3) is 0.750. The summed E-state index contributed by atoms with van der Waals surface area (Å²) in [4.78, 5) is 28.6. The van der Waals surface area contributed by atoms with E-state index >= 15 is 0 Å². The van der Waals surface area contributed by atoms with Gasteiger partial charge in [-0.05, 0) is 33.6 Å².